The fourth-order valence-electron chi connectivity index (χ4n) is 1.89. The van der Waals surface area contributed by atoms with Crippen molar-refractivity contribution >= 4 is 35.7 Å². The Labute approximate surface area is 134 Å². The lowest BCUT2D eigenvalue weighted by molar-refractivity contribution is 0.431. The van der Waals surface area contributed by atoms with Crippen LogP contribution < -0.4 is 4.72 Å². The number of hydrazone groups is 1. The van der Waals surface area contributed by atoms with Crippen LogP contribution in [0.25, 0.3) is 0 Å². The smallest absolute Gasteiger partial charge is 0.225 e. The zero-order valence-corrected chi connectivity index (χ0v) is 13.7. The zero-order valence-electron chi connectivity index (χ0n) is 12.1. The normalized spacial score (nSPS) is 18.3. The Bertz CT molecular complexity index is 530. The van der Waals surface area contributed by atoms with Crippen LogP contribution in [-0.2, 0) is 0 Å². The van der Waals surface area contributed by atoms with Crippen LogP contribution in [0.1, 0.15) is 20.3 Å². The van der Waals surface area contributed by atoms with E-state index in [0.29, 0.717) is 23.4 Å². The van der Waals surface area contributed by atoms with Crippen molar-refractivity contribution < 1.29 is 5.11 Å². The number of phenols is 1. The third-order valence-corrected chi connectivity index (χ3v) is 3.99. The van der Waals surface area contributed by atoms with Crippen molar-refractivity contribution in [2.45, 2.75) is 25.2 Å². The number of phenolic OH excluding ortho intramolecular Hbond substituents is 1. The zero-order chi connectivity index (χ0) is 15.2. The molecule has 0 spiro atoms. The number of hydrogen-bond donors (Lipinski definition) is 2. The van der Waals surface area contributed by atoms with Crippen LogP contribution in [0.2, 0.25) is 5.02 Å². The van der Waals surface area contributed by atoms with Gasteiger partial charge in [-0.3, -0.25) is 9.71 Å². The molecule has 0 amide bonds. The third-order valence-electron chi connectivity index (χ3n) is 3.02. The molecule has 0 bridgehead atoms. The van der Waals surface area contributed by atoms with Gasteiger partial charge >= 0.3 is 0 Å². The highest BCUT2D eigenvalue weighted by atomic mass is 35.5. The number of aromatic hydroxyl groups is 1. The lowest BCUT2D eigenvalue weighted by Crippen LogP contribution is -2.34. The molecule has 114 valence electrons. The Morgan fingerprint density at radius 1 is 1.52 bits per heavy atom. The minimum atomic E-state index is 0.144. The van der Waals surface area contributed by atoms with E-state index in [0.717, 1.165) is 17.9 Å². The van der Waals surface area contributed by atoms with Crippen LogP contribution in [0.15, 0.2) is 33.2 Å². The molecule has 1 aromatic carbocycles. The van der Waals surface area contributed by atoms with Crippen LogP contribution >= 0.6 is 23.5 Å². The van der Waals surface area contributed by atoms with Crippen molar-refractivity contribution in [1.29, 1.82) is 0 Å². The Balaban J connectivity index is 2.01. The SMILES string of the molecule is CCN=C(NSc1cc(O)cc(Cl)c1)N1CC(CC)C=N1. The summed E-state index contributed by atoms with van der Waals surface area (Å²) in [6.45, 7) is 5.64. The van der Waals surface area contributed by atoms with E-state index in [4.69, 9.17) is 11.6 Å². The number of aliphatic imine (C=N–C) groups is 1. The highest BCUT2D eigenvalue weighted by Crippen LogP contribution is 2.26. The standard InChI is InChI=1S/C14H19ClN4OS/c1-3-10-8-17-19(9-10)14(16-4-2)18-21-13-6-11(15)5-12(20)7-13/h5-8,10,20H,3-4,9H2,1-2H3,(H,16,18). The highest BCUT2D eigenvalue weighted by molar-refractivity contribution is 7.98. The maximum absolute atomic E-state index is 9.55. The van der Waals surface area contributed by atoms with E-state index in [-0.39, 0.29) is 5.75 Å². The molecule has 0 aromatic heterocycles. The molecule has 5 nitrogen and oxygen atoms in total. The molecule has 2 rings (SSSR count). The van der Waals surface area contributed by atoms with E-state index < -0.39 is 0 Å². The van der Waals surface area contributed by atoms with Gasteiger partial charge in [0.1, 0.15) is 5.75 Å². The van der Waals surface area contributed by atoms with E-state index in [1.165, 1.54) is 18.0 Å². The predicted molar refractivity (Wildman–Crippen MR) is 89.1 cm³/mol. The minimum absolute atomic E-state index is 0.144. The summed E-state index contributed by atoms with van der Waals surface area (Å²) in [4.78, 5) is 5.25. The molecule has 7 heteroatoms. The largest absolute Gasteiger partial charge is 0.508 e. The molecule has 0 saturated heterocycles. The molecule has 1 unspecified atom stereocenters. The number of halogens is 1. The maximum atomic E-state index is 9.55. The molecule has 1 atom stereocenters. The van der Waals surface area contributed by atoms with E-state index >= 15 is 0 Å². The van der Waals surface area contributed by atoms with Crippen LogP contribution in [0.3, 0.4) is 0 Å². The fourth-order valence-corrected chi connectivity index (χ4v) is 2.93. The van der Waals surface area contributed by atoms with Gasteiger partial charge in [0.25, 0.3) is 0 Å². The van der Waals surface area contributed by atoms with Gasteiger partial charge in [0.05, 0.1) is 6.54 Å². The Morgan fingerprint density at radius 2 is 2.33 bits per heavy atom. The summed E-state index contributed by atoms with van der Waals surface area (Å²) >= 11 is 7.28. The topological polar surface area (TPSA) is 60.2 Å². The van der Waals surface area contributed by atoms with Gasteiger partial charge in [-0.25, -0.2) is 5.01 Å². The van der Waals surface area contributed by atoms with Crippen LogP contribution in [0.4, 0.5) is 0 Å². The van der Waals surface area contributed by atoms with E-state index in [9.17, 15) is 5.11 Å². The average Bonchev–Trinajstić information content (AvgIpc) is 2.91. The van der Waals surface area contributed by atoms with Crippen LogP contribution in [-0.4, -0.2) is 35.4 Å². The predicted octanol–water partition coefficient (Wildman–Crippen LogP) is 3.35. The summed E-state index contributed by atoms with van der Waals surface area (Å²) in [5.74, 6) is 1.33. The van der Waals surface area contributed by atoms with Crippen molar-refractivity contribution in [3.63, 3.8) is 0 Å². The van der Waals surface area contributed by atoms with Crippen molar-refractivity contribution in [3.05, 3.63) is 23.2 Å². The number of guanidine groups is 1. The summed E-state index contributed by atoms with van der Waals surface area (Å²) in [5, 5.41) is 16.3. The Morgan fingerprint density at radius 3 is 2.95 bits per heavy atom. The Hall–Kier alpha value is -1.40. The molecule has 0 radical (unpaired) electrons. The van der Waals surface area contributed by atoms with Crippen LogP contribution in [0, 0.1) is 5.92 Å². The van der Waals surface area contributed by atoms with Gasteiger partial charge in [-0.2, -0.15) is 5.10 Å². The first-order chi connectivity index (χ1) is 10.1. The van der Waals surface area contributed by atoms with Crippen molar-refractivity contribution in [2.75, 3.05) is 13.1 Å². The summed E-state index contributed by atoms with van der Waals surface area (Å²) in [5.41, 5.74) is 0. The summed E-state index contributed by atoms with van der Waals surface area (Å²) in [6.07, 6.45) is 3.03. The van der Waals surface area contributed by atoms with E-state index in [2.05, 4.69) is 21.7 Å². The summed E-state index contributed by atoms with van der Waals surface area (Å²) in [7, 11) is 0. The van der Waals surface area contributed by atoms with Gasteiger partial charge in [0, 0.05) is 28.6 Å². The number of nitrogens with zero attached hydrogens (tertiary/aromatic N) is 3. The second kappa shape index (κ2) is 7.56. The molecular formula is C14H19ClN4OS. The molecule has 21 heavy (non-hydrogen) atoms. The van der Waals surface area contributed by atoms with Gasteiger partial charge in [-0.05, 0) is 43.5 Å². The second-order valence-electron chi connectivity index (χ2n) is 4.66. The highest BCUT2D eigenvalue weighted by Gasteiger charge is 2.20. The molecule has 0 aliphatic carbocycles. The van der Waals surface area contributed by atoms with Crippen molar-refractivity contribution in [3.8, 4) is 5.75 Å². The molecule has 1 aliphatic heterocycles. The molecule has 0 fully saturated rings. The number of nitrogens with one attached hydrogen (secondary N) is 1. The van der Waals surface area contributed by atoms with Gasteiger partial charge in [-0.1, -0.05) is 18.5 Å². The van der Waals surface area contributed by atoms with Crippen molar-refractivity contribution in [2.24, 2.45) is 16.0 Å². The first-order valence-electron chi connectivity index (χ1n) is 6.90. The number of hydrogen-bond acceptors (Lipinski definition) is 4. The van der Waals surface area contributed by atoms with Gasteiger partial charge in [0.2, 0.25) is 5.96 Å². The lowest BCUT2D eigenvalue weighted by atomic mass is 10.1. The van der Waals surface area contributed by atoms with Gasteiger partial charge in [0.15, 0.2) is 0 Å². The Kier molecular flexibility index (Phi) is 5.76. The first kappa shape index (κ1) is 16.0. The van der Waals surface area contributed by atoms with Gasteiger partial charge < -0.3 is 5.11 Å². The molecule has 1 heterocycles. The third kappa shape index (κ3) is 4.54. The monoisotopic (exact) mass is 326 g/mol. The quantitative estimate of drug-likeness (QED) is 0.506. The lowest BCUT2D eigenvalue weighted by Gasteiger charge is -2.18. The average molecular weight is 327 g/mol. The summed E-state index contributed by atoms with van der Waals surface area (Å²) < 4.78 is 3.19. The number of benzene rings is 1. The molecular weight excluding hydrogens is 308 g/mol. The van der Waals surface area contributed by atoms with Crippen molar-refractivity contribution in [1.82, 2.24) is 9.73 Å². The fraction of sp³-hybridized carbons (Fsp3) is 0.429. The molecule has 2 N–H and O–H groups in total. The van der Waals surface area contributed by atoms with E-state index in [1.54, 1.807) is 12.1 Å². The second-order valence-corrected chi connectivity index (χ2v) is 5.98. The maximum Gasteiger partial charge on any atom is 0.225 e. The first-order valence-corrected chi connectivity index (χ1v) is 8.10. The van der Waals surface area contributed by atoms with E-state index in [1.807, 2.05) is 18.1 Å². The number of rotatable bonds is 4. The molecule has 1 aromatic rings. The minimum Gasteiger partial charge on any atom is -0.508 e. The molecule has 0 saturated carbocycles. The molecule has 1 aliphatic rings. The van der Waals surface area contributed by atoms with Crippen LogP contribution in [0.5, 0.6) is 5.75 Å². The van der Waals surface area contributed by atoms with Gasteiger partial charge in [-0.15, -0.1) is 0 Å². The summed E-state index contributed by atoms with van der Waals surface area (Å²) in [6, 6.07) is 4.93.